The molecule has 0 amide bonds. The van der Waals surface area contributed by atoms with Crippen molar-refractivity contribution in [3.8, 4) is 11.5 Å². The minimum atomic E-state index is 0.594. The average molecular weight is 285 g/mol. The Balaban J connectivity index is 1.70. The first-order valence-corrected chi connectivity index (χ1v) is 7.96. The molecule has 1 aromatic carbocycles. The van der Waals surface area contributed by atoms with Gasteiger partial charge in [0.25, 0.3) is 5.89 Å². The van der Waals surface area contributed by atoms with E-state index in [1.54, 1.807) is 0 Å². The highest BCUT2D eigenvalue weighted by molar-refractivity contribution is 5.72. The Bertz CT molecular complexity index is 571. The van der Waals surface area contributed by atoms with Gasteiger partial charge in [-0.05, 0) is 37.8 Å². The number of benzene rings is 1. The lowest BCUT2D eigenvalue weighted by Gasteiger charge is -2.17. The van der Waals surface area contributed by atoms with Crippen LogP contribution in [0.2, 0.25) is 0 Å². The molecule has 21 heavy (non-hydrogen) atoms. The molecule has 1 N–H and O–H groups in total. The average Bonchev–Trinajstić information content (AvgIpc) is 2.78. The van der Waals surface area contributed by atoms with Gasteiger partial charge in [-0.2, -0.15) is 4.98 Å². The second kappa shape index (κ2) is 6.74. The number of hydrogen-bond acceptors (Lipinski definition) is 4. The largest absolute Gasteiger partial charge is 0.384 e. The van der Waals surface area contributed by atoms with Gasteiger partial charge >= 0.3 is 0 Å². The fraction of sp³-hybridized carbons (Fsp3) is 0.529. The molecule has 1 aliphatic carbocycles. The normalized spacial score (nSPS) is 16.6. The molecule has 1 saturated carbocycles. The first-order chi connectivity index (χ1) is 10.3. The second-order valence-electron chi connectivity index (χ2n) is 5.93. The zero-order chi connectivity index (χ0) is 14.5. The number of aromatic nitrogens is 2. The van der Waals surface area contributed by atoms with Crippen LogP contribution in [0, 0.1) is 12.8 Å². The van der Waals surface area contributed by atoms with Crippen molar-refractivity contribution in [3.63, 3.8) is 0 Å². The molecule has 3 rings (SSSR count). The Morgan fingerprint density at radius 1 is 1.14 bits per heavy atom. The number of para-hydroxylation sites is 1. The van der Waals surface area contributed by atoms with Crippen LogP contribution in [-0.2, 0) is 0 Å². The molecule has 0 aliphatic heterocycles. The van der Waals surface area contributed by atoms with E-state index in [-0.39, 0.29) is 0 Å². The summed E-state index contributed by atoms with van der Waals surface area (Å²) in [5, 5.41) is 7.47. The van der Waals surface area contributed by atoms with Crippen molar-refractivity contribution in [1.82, 2.24) is 10.1 Å². The van der Waals surface area contributed by atoms with Gasteiger partial charge in [0.1, 0.15) is 0 Å². The Kier molecular flexibility index (Phi) is 4.53. The van der Waals surface area contributed by atoms with Gasteiger partial charge < -0.3 is 9.84 Å². The summed E-state index contributed by atoms with van der Waals surface area (Å²) in [4.78, 5) is 4.33. The smallest absolute Gasteiger partial charge is 0.260 e. The first-order valence-electron chi connectivity index (χ1n) is 7.96. The van der Waals surface area contributed by atoms with Gasteiger partial charge in [-0.3, -0.25) is 0 Å². The third-order valence-corrected chi connectivity index (χ3v) is 4.24. The van der Waals surface area contributed by atoms with Crippen molar-refractivity contribution < 1.29 is 4.52 Å². The van der Waals surface area contributed by atoms with E-state index in [0.29, 0.717) is 11.7 Å². The summed E-state index contributed by atoms with van der Waals surface area (Å²) in [6, 6.07) is 8.17. The van der Waals surface area contributed by atoms with Crippen molar-refractivity contribution in [2.45, 2.75) is 45.4 Å². The molecular formula is C17H23N3O. The lowest BCUT2D eigenvalue weighted by Crippen LogP contribution is -2.14. The van der Waals surface area contributed by atoms with E-state index in [9.17, 15) is 0 Å². The van der Waals surface area contributed by atoms with Crippen LogP contribution in [0.3, 0.4) is 0 Å². The van der Waals surface area contributed by atoms with Crippen LogP contribution in [0.1, 0.15) is 44.3 Å². The van der Waals surface area contributed by atoms with Crippen LogP contribution in [-0.4, -0.2) is 16.7 Å². The Labute approximate surface area is 126 Å². The SMILES string of the molecule is Cc1noc(-c2ccccc2NCC2CCCCCC2)n1. The number of nitrogens with one attached hydrogen (secondary N) is 1. The summed E-state index contributed by atoms with van der Waals surface area (Å²) in [5.41, 5.74) is 2.08. The van der Waals surface area contributed by atoms with E-state index in [1.165, 1.54) is 38.5 Å². The summed E-state index contributed by atoms with van der Waals surface area (Å²) < 4.78 is 5.30. The van der Waals surface area contributed by atoms with Crippen LogP contribution in [0.5, 0.6) is 0 Å². The molecule has 0 radical (unpaired) electrons. The maximum atomic E-state index is 5.30. The van der Waals surface area contributed by atoms with Crippen LogP contribution >= 0.6 is 0 Å². The second-order valence-corrected chi connectivity index (χ2v) is 5.93. The Hall–Kier alpha value is -1.84. The summed E-state index contributed by atoms with van der Waals surface area (Å²) >= 11 is 0. The third-order valence-electron chi connectivity index (χ3n) is 4.24. The quantitative estimate of drug-likeness (QED) is 0.844. The van der Waals surface area contributed by atoms with Crippen LogP contribution in [0.4, 0.5) is 5.69 Å². The highest BCUT2D eigenvalue weighted by Crippen LogP contribution is 2.28. The fourth-order valence-electron chi connectivity index (χ4n) is 3.05. The molecule has 1 heterocycles. The van der Waals surface area contributed by atoms with Gasteiger partial charge in [0.05, 0.1) is 5.56 Å². The van der Waals surface area contributed by atoms with Crippen molar-refractivity contribution in [2.75, 3.05) is 11.9 Å². The highest BCUT2D eigenvalue weighted by Gasteiger charge is 2.14. The van der Waals surface area contributed by atoms with Crippen molar-refractivity contribution in [1.29, 1.82) is 0 Å². The molecule has 0 bridgehead atoms. The van der Waals surface area contributed by atoms with Crippen LogP contribution in [0.25, 0.3) is 11.5 Å². The topological polar surface area (TPSA) is 51.0 Å². The van der Waals surface area contributed by atoms with Crippen LogP contribution < -0.4 is 5.32 Å². The number of aryl methyl sites for hydroxylation is 1. The molecule has 1 aromatic heterocycles. The minimum Gasteiger partial charge on any atom is -0.384 e. The van der Waals surface area contributed by atoms with Gasteiger partial charge in [0.2, 0.25) is 0 Å². The van der Waals surface area contributed by atoms with Crippen molar-refractivity contribution in [3.05, 3.63) is 30.1 Å². The number of anilines is 1. The molecule has 4 heteroatoms. The lowest BCUT2D eigenvalue weighted by molar-refractivity contribution is 0.425. The van der Waals surface area contributed by atoms with Gasteiger partial charge in [0, 0.05) is 12.2 Å². The Morgan fingerprint density at radius 3 is 2.62 bits per heavy atom. The van der Waals surface area contributed by atoms with Gasteiger partial charge in [-0.15, -0.1) is 0 Å². The lowest BCUT2D eigenvalue weighted by atomic mass is 10.00. The standard InChI is InChI=1S/C17H23N3O/c1-13-19-17(21-20-13)15-10-6-7-11-16(15)18-12-14-8-4-2-3-5-9-14/h6-7,10-11,14,18H,2-5,8-9,12H2,1H3. The summed E-state index contributed by atoms with van der Waals surface area (Å²) in [5.74, 6) is 2.05. The van der Waals surface area contributed by atoms with E-state index in [2.05, 4.69) is 21.5 Å². The molecule has 4 nitrogen and oxygen atoms in total. The predicted molar refractivity (Wildman–Crippen MR) is 84.2 cm³/mol. The molecule has 112 valence electrons. The zero-order valence-corrected chi connectivity index (χ0v) is 12.6. The Morgan fingerprint density at radius 2 is 1.90 bits per heavy atom. The molecule has 1 aliphatic rings. The van der Waals surface area contributed by atoms with Crippen molar-refractivity contribution in [2.24, 2.45) is 5.92 Å². The van der Waals surface area contributed by atoms with Crippen molar-refractivity contribution >= 4 is 5.69 Å². The number of nitrogens with zero attached hydrogens (tertiary/aromatic N) is 2. The molecule has 0 spiro atoms. The van der Waals surface area contributed by atoms with Gasteiger partial charge in [-0.1, -0.05) is 43.0 Å². The minimum absolute atomic E-state index is 0.594. The highest BCUT2D eigenvalue weighted by atomic mass is 16.5. The van der Waals surface area contributed by atoms with E-state index in [4.69, 9.17) is 4.52 Å². The predicted octanol–water partition coefficient (Wildman–Crippen LogP) is 4.43. The van der Waals surface area contributed by atoms with E-state index in [0.717, 1.165) is 23.7 Å². The maximum absolute atomic E-state index is 5.30. The van der Waals surface area contributed by atoms with Gasteiger partial charge in [0.15, 0.2) is 5.82 Å². The monoisotopic (exact) mass is 285 g/mol. The zero-order valence-electron chi connectivity index (χ0n) is 12.6. The maximum Gasteiger partial charge on any atom is 0.260 e. The van der Waals surface area contributed by atoms with E-state index in [1.807, 2.05) is 25.1 Å². The fourth-order valence-corrected chi connectivity index (χ4v) is 3.05. The van der Waals surface area contributed by atoms with E-state index >= 15 is 0 Å². The van der Waals surface area contributed by atoms with E-state index < -0.39 is 0 Å². The number of hydrogen-bond donors (Lipinski definition) is 1. The summed E-state index contributed by atoms with van der Waals surface area (Å²) in [7, 11) is 0. The molecule has 2 aromatic rings. The number of rotatable bonds is 4. The van der Waals surface area contributed by atoms with Crippen LogP contribution in [0.15, 0.2) is 28.8 Å². The molecule has 0 unspecified atom stereocenters. The molecule has 0 saturated heterocycles. The molecular weight excluding hydrogens is 262 g/mol. The first kappa shape index (κ1) is 14.1. The molecule has 0 atom stereocenters. The summed E-state index contributed by atoms with van der Waals surface area (Å²) in [6.07, 6.45) is 8.22. The third kappa shape index (κ3) is 3.63. The summed E-state index contributed by atoms with van der Waals surface area (Å²) in [6.45, 7) is 2.87. The molecule has 1 fully saturated rings. The van der Waals surface area contributed by atoms with Gasteiger partial charge in [-0.25, -0.2) is 0 Å².